The molecule has 1 aromatic heterocycles. The average Bonchev–Trinajstić information content (AvgIpc) is 3.36. The third-order valence-corrected chi connectivity index (χ3v) is 10.2. The van der Waals surface area contributed by atoms with Crippen LogP contribution in [0.3, 0.4) is 0 Å². The standard InChI is InChI=1S/C34H34F6N4O5S/c1-48-30(47)32-17-19(32)9-5-3-2-4-6-11-25(41-22-14-20(33(35,36)37)13-21(15-22)34(38,39)40)29(46)44-18-23(16-26(44)28(45)43-32)49-31-42-24-10-7-8-12-27(24)50-31/h5,7-10,12-15,19,23,25-26,41H,2-4,6,11,16-18H2,1H3,(H,43,45)/b9-5-/t19-,23-,25+,26+,32-/m1/s1. The Kier molecular flexibility index (Phi) is 9.76. The van der Waals surface area contributed by atoms with Crippen molar-refractivity contribution in [3.8, 4) is 5.19 Å². The molecule has 6 rings (SSSR count). The number of rotatable bonds is 5. The van der Waals surface area contributed by atoms with E-state index in [0.29, 0.717) is 48.5 Å². The molecule has 5 atom stereocenters. The van der Waals surface area contributed by atoms with E-state index in [-0.39, 0.29) is 37.8 Å². The van der Waals surface area contributed by atoms with E-state index in [9.17, 15) is 40.7 Å². The summed E-state index contributed by atoms with van der Waals surface area (Å²) in [5.41, 5.74) is -4.25. The van der Waals surface area contributed by atoms with Gasteiger partial charge in [-0.3, -0.25) is 9.59 Å². The average molecular weight is 725 g/mol. The summed E-state index contributed by atoms with van der Waals surface area (Å²) in [7, 11) is 1.21. The molecule has 0 radical (unpaired) electrons. The quantitative estimate of drug-likeness (QED) is 0.171. The Morgan fingerprint density at radius 3 is 2.44 bits per heavy atom. The molecule has 2 amide bonds. The molecule has 0 unspecified atom stereocenters. The van der Waals surface area contributed by atoms with E-state index in [1.165, 1.54) is 23.3 Å². The number of anilines is 1. The summed E-state index contributed by atoms with van der Waals surface area (Å²) in [6.45, 7) is -0.129. The summed E-state index contributed by atoms with van der Waals surface area (Å²) in [4.78, 5) is 46.9. The van der Waals surface area contributed by atoms with Gasteiger partial charge in [0.2, 0.25) is 11.8 Å². The van der Waals surface area contributed by atoms with Gasteiger partial charge in [-0.15, -0.1) is 0 Å². The van der Waals surface area contributed by atoms with E-state index in [2.05, 4.69) is 15.6 Å². The monoisotopic (exact) mass is 724 g/mol. The normalized spacial score (nSPS) is 27.0. The topological polar surface area (TPSA) is 110 Å². The van der Waals surface area contributed by atoms with Gasteiger partial charge in [-0.2, -0.15) is 26.3 Å². The van der Waals surface area contributed by atoms with Gasteiger partial charge in [0.25, 0.3) is 5.19 Å². The first-order chi connectivity index (χ1) is 23.7. The third-order valence-electron chi connectivity index (χ3n) is 9.26. The number of carbonyl (C=O) groups excluding carboxylic acids is 3. The number of fused-ring (bicyclic) bond motifs is 3. The van der Waals surface area contributed by atoms with Crippen LogP contribution in [0.4, 0.5) is 32.0 Å². The van der Waals surface area contributed by atoms with Crippen LogP contribution < -0.4 is 15.4 Å². The van der Waals surface area contributed by atoms with Gasteiger partial charge < -0.3 is 25.0 Å². The summed E-state index contributed by atoms with van der Waals surface area (Å²) in [6.07, 6.45) is -4.53. The number of aromatic nitrogens is 1. The molecule has 3 aromatic rings. The second-order valence-electron chi connectivity index (χ2n) is 12.7. The number of halogens is 6. The van der Waals surface area contributed by atoms with Crippen LogP contribution >= 0.6 is 11.3 Å². The number of alkyl halides is 6. The maximum Gasteiger partial charge on any atom is 0.416 e. The largest absolute Gasteiger partial charge is 0.467 e. The lowest BCUT2D eigenvalue weighted by Crippen LogP contribution is -2.55. The van der Waals surface area contributed by atoms with E-state index < -0.39 is 70.7 Å². The zero-order valence-electron chi connectivity index (χ0n) is 26.8. The molecule has 2 aromatic carbocycles. The number of nitrogens with one attached hydrogen (secondary N) is 2. The van der Waals surface area contributed by atoms with E-state index in [0.717, 1.165) is 4.70 Å². The lowest BCUT2D eigenvalue weighted by molar-refractivity contribution is -0.148. The fourth-order valence-corrected chi connectivity index (χ4v) is 7.48. The molecule has 3 heterocycles. The number of hydrogen-bond donors (Lipinski definition) is 2. The zero-order chi connectivity index (χ0) is 35.8. The number of methoxy groups -OCH3 is 1. The highest BCUT2D eigenvalue weighted by molar-refractivity contribution is 7.20. The minimum Gasteiger partial charge on any atom is -0.467 e. The second-order valence-corrected chi connectivity index (χ2v) is 13.7. The molecule has 1 saturated carbocycles. The van der Waals surface area contributed by atoms with Gasteiger partial charge in [0, 0.05) is 18.0 Å². The number of thiazole rings is 1. The fraction of sp³-hybridized carbons (Fsp3) is 0.471. The van der Waals surface area contributed by atoms with Crippen LogP contribution in [-0.2, 0) is 31.5 Å². The van der Waals surface area contributed by atoms with Gasteiger partial charge in [0.05, 0.1) is 35.0 Å². The lowest BCUT2D eigenvalue weighted by atomic mass is 10.0. The molecule has 268 valence electrons. The molecule has 3 aliphatic rings. The molecule has 16 heteroatoms. The molecular formula is C34H34F6N4O5S. The van der Waals surface area contributed by atoms with Crippen molar-refractivity contribution in [3.05, 3.63) is 65.7 Å². The number of carbonyl (C=O) groups is 3. The smallest absolute Gasteiger partial charge is 0.416 e. The predicted molar refractivity (Wildman–Crippen MR) is 171 cm³/mol. The Morgan fingerprint density at radius 2 is 1.76 bits per heavy atom. The summed E-state index contributed by atoms with van der Waals surface area (Å²) in [5, 5.41) is 5.74. The Labute approximate surface area is 287 Å². The van der Waals surface area contributed by atoms with Gasteiger partial charge in [-0.25, -0.2) is 9.78 Å². The Hall–Kier alpha value is -4.34. The number of benzene rings is 2. The van der Waals surface area contributed by atoms with Crippen LogP contribution in [-0.4, -0.2) is 65.0 Å². The summed E-state index contributed by atoms with van der Waals surface area (Å²) >= 11 is 1.27. The lowest BCUT2D eigenvalue weighted by Gasteiger charge is -2.30. The summed E-state index contributed by atoms with van der Waals surface area (Å²) in [6, 6.07) is 5.92. The molecule has 2 fully saturated rings. The summed E-state index contributed by atoms with van der Waals surface area (Å²) < 4.78 is 94.1. The van der Waals surface area contributed by atoms with Gasteiger partial charge in [0.1, 0.15) is 23.7 Å². The molecule has 1 saturated heterocycles. The van der Waals surface area contributed by atoms with Crippen LogP contribution in [0.25, 0.3) is 10.2 Å². The number of para-hydroxylation sites is 1. The Balaban J connectivity index is 1.34. The second kappa shape index (κ2) is 13.8. The van der Waals surface area contributed by atoms with E-state index >= 15 is 0 Å². The van der Waals surface area contributed by atoms with Crippen molar-refractivity contribution in [1.29, 1.82) is 0 Å². The summed E-state index contributed by atoms with van der Waals surface area (Å²) in [5.74, 6) is -2.35. The first kappa shape index (κ1) is 35.5. The van der Waals surface area contributed by atoms with Crippen LogP contribution in [0.15, 0.2) is 54.6 Å². The van der Waals surface area contributed by atoms with Crippen molar-refractivity contribution in [2.75, 3.05) is 19.0 Å². The fourth-order valence-electron chi connectivity index (χ4n) is 6.60. The molecular weight excluding hydrogens is 690 g/mol. The van der Waals surface area contributed by atoms with Crippen molar-refractivity contribution in [1.82, 2.24) is 15.2 Å². The highest BCUT2D eigenvalue weighted by Crippen LogP contribution is 2.46. The number of esters is 1. The van der Waals surface area contributed by atoms with Crippen LogP contribution in [0.1, 0.15) is 56.1 Å². The van der Waals surface area contributed by atoms with Crippen molar-refractivity contribution >= 4 is 45.0 Å². The molecule has 2 N–H and O–H groups in total. The molecule has 0 spiro atoms. The number of allylic oxidation sites excluding steroid dienone is 1. The molecule has 1 aliphatic carbocycles. The van der Waals surface area contributed by atoms with Crippen molar-refractivity contribution in [2.24, 2.45) is 5.92 Å². The maximum absolute atomic E-state index is 14.3. The third kappa shape index (κ3) is 7.54. The number of nitrogens with zero attached hydrogens (tertiary/aromatic N) is 2. The van der Waals surface area contributed by atoms with Crippen molar-refractivity contribution in [2.45, 2.75) is 81.0 Å². The van der Waals surface area contributed by atoms with E-state index in [4.69, 9.17) is 9.47 Å². The van der Waals surface area contributed by atoms with Crippen molar-refractivity contribution < 1.29 is 50.2 Å². The molecule has 0 bridgehead atoms. The van der Waals surface area contributed by atoms with Crippen molar-refractivity contribution in [3.63, 3.8) is 0 Å². The number of hydrogen-bond acceptors (Lipinski definition) is 8. The minimum absolute atomic E-state index is 0.0141. The highest BCUT2D eigenvalue weighted by atomic mass is 32.1. The van der Waals surface area contributed by atoms with Crippen LogP contribution in [0, 0.1) is 5.92 Å². The predicted octanol–water partition coefficient (Wildman–Crippen LogP) is 6.73. The molecule has 9 nitrogen and oxygen atoms in total. The number of amides is 2. The first-order valence-electron chi connectivity index (χ1n) is 16.1. The van der Waals surface area contributed by atoms with Gasteiger partial charge >= 0.3 is 18.3 Å². The van der Waals surface area contributed by atoms with Gasteiger partial charge in [0.15, 0.2) is 0 Å². The maximum atomic E-state index is 14.3. The van der Waals surface area contributed by atoms with Gasteiger partial charge in [-0.1, -0.05) is 48.5 Å². The Morgan fingerprint density at radius 1 is 1.04 bits per heavy atom. The Bertz CT molecular complexity index is 1730. The zero-order valence-corrected chi connectivity index (χ0v) is 27.6. The first-order valence-corrected chi connectivity index (χ1v) is 17.0. The molecule has 2 aliphatic heterocycles. The SMILES string of the molecule is COC(=O)[C@@]12C[C@H]1/C=C\CCCCC[C@H](Nc1cc(C(F)(F)F)cc(C(F)(F)F)c1)C(=O)N1C[C@H](Oc3nc4ccccc4s3)C[C@H]1C(=O)N2. The number of ether oxygens (including phenoxy) is 2. The van der Waals surface area contributed by atoms with E-state index in [1.54, 1.807) is 6.07 Å². The van der Waals surface area contributed by atoms with Crippen LogP contribution in [0.2, 0.25) is 0 Å². The molecule has 50 heavy (non-hydrogen) atoms. The highest BCUT2D eigenvalue weighted by Gasteiger charge is 2.62. The van der Waals surface area contributed by atoms with Crippen LogP contribution in [0.5, 0.6) is 5.19 Å². The van der Waals surface area contributed by atoms with Gasteiger partial charge in [-0.05, 0) is 56.0 Å². The minimum atomic E-state index is -5.09. The van der Waals surface area contributed by atoms with E-state index in [1.807, 2.05) is 30.4 Å².